The third-order valence-electron chi connectivity index (χ3n) is 5.16. The van der Waals surface area contributed by atoms with E-state index in [-0.39, 0.29) is 12.5 Å². The molecule has 4 nitrogen and oxygen atoms in total. The van der Waals surface area contributed by atoms with Gasteiger partial charge in [0.2, 0.25) is 0 Å². The molecule has 5 rings (SSSR count). The number of halogens is 1. The minimum atomic E-state index is -0.169. The smallest absolute Gasteiger partial charge is 0.267 e. The van der Waals surface area contributed by atoms with Gasteiger partial charge in [0.1, 0.15) is 11.3 Å². The van der Waals surface area contributed by atoms with Crippen LogP contribution in [0.3, 0.4) is 0 Å². The summed E-state index contributed by atoms with van der Waals surface area (Å²) in [6, 6.07) is 29.4. The molecule has 158 valence electrons. The molecule has 0 aliphatic rings. The predicted octanol–water partition coefficient (Wildman–Crippen LogP) is 6.72. The van der Waals surface area contributed by atoms with Gasteiger partial charge >= 0.3 is 0 Å². The predicted molar refractivity (Wildman–Crippen MR) is 132 cm³/mol. The molecule has 0 saturated carbocycles. The highest BCUT2D eigenvalue weighted by Gasteiger charge is 2.21. The number of carbonyl (C=O) groups is 1. The number of benzene rings is 4. The van der Waals surface area contributed by atoms with E-state index in [9.17, 15) is 4.79 Å². The van der Waals surface area contributed by atoms with Crippen LogP contribution in [0.4, 0.5) is 5.13 Å². The van der Waals surface area contributed by atoms with Crippen LogP contribution in [0.5, 0.6) is 5.75 Å². The van der Waals surface area contributed by atoms with Gasteiger partial charge in [-0.3, -0.25) is 9.69 Å². The van der Waals surface area contributed by atoms with E-state index in [4.69, 9.17) is 16.3 Å². The lowest BCUT2D eigenvalue weighted by Gasteiger charge is -2.20. The van der Waals surface area contributed by atoms with Crippen LogP contribution in [-0.2, 0) is 11.3 Å². The summed E-state index contributed by atoms with van der Waals surface area (Å²) < 4.78 is 6.81. The largest absolute Gasteiger partial charge is 0.484 e. The average Bonchev–Trinajstić information content (AvgIpc) is 3.27. The molecule has 32 heavy (non-hydrogen) atoms. The number of carbonyl (C=O) groups excluding carboxylic acids is 1. The first-order chi connectivity index (χ1) is 15.7. The van der Waals surface area contributed by atoms with Gasteiger partial charge in [0, 0.05) is 0 Å². The van der Waals surface area contributed by atoms with Crippen molar-refractivity contribution in [2.75, 3.05) is 11.5 Å². The topological polar surface area (TPSA) is 42.4 Å². The van der Waals surface area contributed by atoms with Gasteiger partial charge in [0.15, 0.2) is 11.7 Å². The number of ether oxygens (including phenoxy) is 1. The number of anilines is 1. The Kier molecular flexibility index (Phi) is 5.75. The van der Waals surface area contributed by atoms with Crippen LogP contribution in [0.15, 0.2) is 91.0 Å². The number of amides is 1. The van der Waals surface area contributed by atoms with Crippen molar-refractivity contribution in [3.05, 3.63) is 102 Å². The molecule has 0 N–H and O–H groups in total. The van der Waals surface area contributed by atoms with Gasteiger partial charge in [-0.25, -0.2) is 4.98 Å². The zero-order chi connectivity index (χ0) is 21.9. The van der Waals surface area contributed by atoms with E-state index in [1.807, 2.05) is 84.9 Å². The third-order valence-corrected chi connectivity index (χ3v) is 6.51. The summed E-state index contributed by atoms with van der Waals surface area (Å²) in [6.45, 7) is 0.313. The Labute approximate surface area is 194 Å². The summed E-state index contributed by atoms with van der Waals surface area (Å²) in [6.07, 6.45) is 0. The van der Waals surface area contributed by atoms with E-state index < -0.39 is 0 Å². The second-order valence-corrected chi connectivity index (χ2v) is 8.76. The Balaban J connectivity index is 1.41. The lowest BCUT2D eigenvalue weighted by molar-refractivity contribution is -0.120. The van der Waals surface area contributed by atoms with Crippen LogP contribution in [-0.4, -0.2) is 17.5 Å². The van der Waals surface area contributed by atoms with E-state index in [1.165, 1.54) is 11.3 Å². The minimum absolute atomic E-state index is 0.0885. The van der Waals surface area contributed by atoms with E-state index in [0.29, 0.717) is 28.0 Å². The second kappa shape index (κ2) is 8.99. The highest BCUT2D eigenvalue weighted by atomic mass is 35.5. The normalized spacial score (nSPS) is 11.0. The molecular formula is C26H19ClN2O2S. The Bertz CT molecular complexity index is 1400. The number of hydrogen-bond acceptors (Lipinski definition) is 4. The molecule has 6 heteroatoms. The number of hydrogen-bond donors (Lipinski definition) is 0. The lowest BCUT2D eigenvalue weighted by atomic mass is 10.1. The molecule has 5 aromatic rings. The molecule has 4 aromatic carbocycles. The Morgan fingerprint density at radius 3 is 2.50 bits per heavy atom. The van der Waals surface area contributed by atoms with Gasteiger partial charge in [-0.2, -0.15) is 0 Å². The summed E-state index contributed by atoms with van der Waals surface area (Å²) in [7, 11) is 0. The summed E-state index contributed by atoms with van der Waals surface area (Å²) >= 11 is 7.76. The van der Waals surface area contributed by atoms with Gasteiger partial charge in [-0.05, 0) is 40.6 Å². The van der Waals surface area contributed by atoms with Crippen LogP contribution < -0.4 is 9.64 Å². The average molecular weight is 459 g/mol. The van der Waals surface area contributed by atoms with Gasteiger partial charge in [-0.1, -0.05) is 89.7 Å². The van der Waals surface area contributed by atoms with Crippen molar-refractivity contribution in [1.82, 2.24) is 4.98 Å². The number of aromatic nitrogens is 1. The van der Waals surface area contributed by atoms with Gasteiger partial charge in [0.25, 0.3) is 5.91 Å². The van der Waals surface area contributed by atoms with Crippen molar-refractivity contribution >= 4 is 55.0 Å². The van der Waals surface area contributed by atoms with Gasteiger partial charge < -0.3 is 4.74 Å². The number of nitrogens with zero attached hydrogens (tertiary/aromatic N) is 2. The molecule has 0 aliphatic carbocycles. The molecular weight excluding hydrogens is 440 g/mol. The fourth-order valence-corrected chi connectivity index (χ4v) is 4.81. The second-order valence-electron chi connectivity index (χ2n) is 7.35. The quantitative estimate of drug-likeness (QED) is 0.284. The third kappa shape index (κ3) is 4.31. The molecule has 0 bridgehead atoms. The van der Waals surface area contributed by atoms with Crippen LogP contribution >= 0.6 is 22.9 Å². The van der Waals surface area contributed by atoms with Crippen molar-refractivity contribution in [2.24, 2.45) is 0 Å². The Morgan fingerprint density at radius 1 is 0.906 bits per heavy atom. The lowest BCUT2D eigenvalue weighted by Crippen LogP contribution is -2.34. The molecule has 1 amide bonds. The van der Waals surface area contributed by atoms with Crippen molar-refractivity contribution in [3.63, 3.8) is 0 Å². The number of fused-ring (bicyclic) bond motifs is 2. The molecule has 0 saturated heterocycles. The minimum Gasteiger partial charge on any atom is -0.484 e. The molecule has 1 heterocycles. The van der Waals surface area contributed by atoms with Gasteiger partial charge in [-0.15, -0.1) is 0 Å². The first-order valence-electron chi connectivity index (χ1n) is 10.2. The Hall–Kier alpha value is -3.41. The van der Waals surface area contributed by atoms with E-state index in [0.717, 1.165) is 21.0 Å². The maximum atomic E-state index is 13.3. The highest BCUT2D eigenvalue weighted by molar-refractivity contribution is 7.22. The van der Waals surface area contributed by atoms with Crippen LogP contribution in [0.25, 0.3) is 21.0 Å². The van der Waals surface area contributed by atoms with Crippen molar-refractivity contribution in [1.29, 1.82) is 0 Å². The molecule has 0 atom stereocenters. The van der Waals surface area contributed by atoms with E-state index >= 15 is 0 Å². The molecule has 0 aliphatic heterocycles. The summed E-state index contributed by atoms with van der Waals surface area (Å²) in [5, 5.41) is 3.37. The molecule has 0 radical (unpaired) electrons. The summed E-state index contributed by atoms with van der Waals surface area (Å²) in [5.41, 5.74) is 1.72. The molecule has 0 fully saturated rings. The molecule has 0 spiro atoms. The van der Waals surface area contributed by atoms with Crippen LogP contribution in [0, 0.1) is 0 Å². The summed E-state index contributed by atoms with van der Waals surface area (Å²) in [4.78, 5) is 19.6. The fraction of sp³-hybridized carbons (Fsp3) is 0.0769. The highest BCUT2D eigenvalue weighted by Crippen LogP contribution is 2.33. The molecule has 1 aromatic heterocycles. The van der Waals surface area contributed by atoms with Gasteiger partial charge in [0.05, 0.1) is 16.3 Å². The molecule has 0 unspecified atom stereocenters. The standard InChI is InChI=1S/C26H19ClN2O2S/c27-22-11-6-12-23-25(22)28-26(32-23)29(16-18-7-2-1-3-8-18)24(30)17-31-21-14-13-19-9-4-5-10-20(19)15-21/h1-15H,16-17H2. The zero-order valence-electron chi connectivity index (χ0n) is 17.1. The van der Waals surface area contributed by atoms with Crippen molar-refractivity contribution in [2.45, 2.75) is 6.54 Å². The van der Waals surface area contributed by atoms with E-state index in [1.54, 1.807) is 11.0 Å². The SMILES string of the molecule is O=C(COc1ccc2ccccc2c1)N(Cc1ccccc1)c1nc2c(Cl)cccc2s1. The first-order valence-corrected chi connectivity index (χ1v) is 11.4. The number of thiazole rings is 1. The first kappa shape index (κ1) is 20.5. The van der Waals surface area contributed by atoms with Crippen LogP contribution in [0.2, 0.25) is 5.02 Å². The number of rotatable bonds is 6. The Morgan fingerprint density at radius 2 is 1.69 bits per heavy atom. The van der Waals surface area contributed by atoms with E-state index in [2.05, 4.69) is 4.98 Å². The maximum Gasteiger partial charge on any atom is 0.267 e. The van der Waals surface area contributed by atoms with Crippen molar-refractivity contribution in [3.8, 4) is 5.75 Å². The fourth-order valence-electron chi connectivity index (χ4n) is 3.53. The van der Waals surface area contributed by atoms with Crippen LogP contribution in [0.1, 0.15) is 5.56 Å². The summed E-state index contributed by atoms with van der Waals surface area (Å²) in [5.74, 6) is 0.487. The monoisotopic (exact) mass is 458 g/mol. The maximum absolute atomic E-state index is 13.3. The van der Waals surface area contributed by atoms with Crippen molar-refractivity contribution < 1.29 is 9.53 Å². The number of para-hydroxylation sites is 1. The zero-order valence-corrected chi connectivity index (χ0v) is 18.6.